The minimum atomic E-state index is -3.74. The summed E-state index contributed by atoms with van der Waals surface area (Å²) in [7, 11) is 1.61. The number of pyridine rings is 1. The molecule has 6 rings (SSSR count). The van der Waals surface area contributed by atoms with Gasteiger partial charge in [-0.2, -0.15) is 0 Å². The Morgan fingerprint density at radius 2 is 1.69 bits per heavy atom. The highest BCUT2D eigenvalue weighted by molar-refractivity contribution is 5.96. The first-order valence-corrected chi connectivity index (χ1v) is 11.0. The largest absolute Gasteiger partial charge is 0.586 e. The SMILES string of the molecule is COc1cccc(-c2ccc3nc(-c4cccnc4)nc(Nc4cccc5c4OC(F)(F)O5)c3c2)c1. The van der Waals surface area contributed by atoms with E-state index in [1.165, 1.54) is 6.07 Å². The summed E-state index contributed by atoms with van der Waals surface area (Å²) < 4.78 is 42.3. The minimum absolute atomic E-state index is 0.0621. The lowest BCUT2D eigenvalue weighted by atomic mass is 10.0. The quantitative estimate of drug-likeness (QED) is 0.308. The average molecular weight is 484 g/mol. The van der Waals surface area contributed by atoms with Crippen molar-refractivity contribution in [3.8, 4) is 39.8 Å². The monoisotopic (exact) mass is 484 g/mol. The molecule has 9 heteroatoms. The highest BCUT2D eigenvalue weighted by Crippen LogP contribution is 2.47. The van der Waals surface area contributed by atoms with E-state index >= 15 is 0 Å². The van der Waals surface area contributed by atoms with Gasteiger partial charge in [-0.3, -0.25) is 4.98 Å². The summed E-state index contributed by atoms with van der Waals surface area (Å²) in [6.45, 7) is 0. The Morgan fingerprint density at radius 3 is 2.53 bits per heavy atom. The molecule has 178 valence electrons. The van der Waals surface area contributed by atoms with Crippen LogP contribution in [0.1, 0.15) is 0 Å². The van der Waals surface area contributed by atoms with E-state index in [0.717, 1.165) is 16.9 Å². The molecule has 0 saturated heterocycles. The van der Waals surface area contributed by atoms with Gasteiger partial charge in [0.15, 0.2) is 17.3 Å². The van der Waals surface area contributed by atoms with Crippen molar-refractivity contribution < 1.29 is 23.0 Å². The van der Waals surface area contributed by atoms with Crippen molar-refractivity contribution in [3.05, 3.63) is 85.2 Å². The van der Waals surface area contributed by atoms with Crippen LogP contribution >= 0.6 is 0 Å². The predicted molar refractivity (Wildman–Crippen MR) is 131 cm³/mol. The number of nitrogens with zero attached hydrogens (tertiary/aromatic N) is 3. The van der Waals surface area contributed by atoms with Crippen LogP contribution < -0.4 is 19.5 Å². The van der Waals surface area contributed by atoms with Crippen LogP contribution in [0.4, 0.5) is 20.3 Å². The van der Waals surface area contributed by atoms with Gasteiger partial charge in [0.05, 0.1) is 18.3 Å². The van der Waals surface area contributed by atoms with Crippen LogP contribution in [0.3, 0.4) is 0 Å². The lowest BCUT2D eigenvalue weighted by Crippen LogP contribution is -2.26. The third kappa shape index (κ3) is 4.00. The molecular weight excluding hydrogens is 466 g/mol. The number of rotatable bonds is 5. The van der Waals surface area contributed by atoms with Gasteiger partial charge in [0, 0.05) is 23.3 Å². The van der Waals surface area contributed by atoms with Crippen LogP contribution in [-0.4, -0.2) is 28.4 Å². The molecule has 0 saturated carbocycles. The third-order valence-corrected chi connectivity index (χ3v) is 5.70. The van der Waals surface area contributed by atoms with Crippen LogP contribution in [0, 0.1) is 0 Å². The molecule has 0 amide bonds. The first-order chi connectivity index (χ1) is 17.5. The zero-order valence-electron chi connectivity index (χ0n) is 18.9. The predicted octanol–water partition coefficient (Wildman–Crippen LogP) is 6.43. The average Bonchev–Trinajstić information content (AvgIpc) is 3.23. The molecular formula is C27H18F2N4O3. The zero-order chi connectivity index (χ0) is 24.7. The van der Waals surface area contributed by atoms with Gasteiger partial charge in [-0.25, -0.2) is 9.97 Å². The topological polar surface area (TPSA) is 78.4 Å². The van der Waals surface area contributed by atoms with Crippen LogP contribution in [0.15, 0.2) is 85.2 Å². The van der Waals surface area contributed by atoms with Gasteiger partial charge in [0.1, 0.15) is 11.6 Å². The number of alkyl halides is 2. The van der Waals surface area contributed by atoms with E-state index < -0.39 is 6.29 Å². The highest BCUT2D eigenvalue weighted by Gasteiger charge is 2.44. The first-order valence-electron chi connectivity index (χ1n) is 11.0. The molecule has 1 aliphatic rings. The maximum absolute atomic E-state index is 13.8. The molecule has 0 atom stereocenters. The van der Waals surface area contributed by atoms with Gasteiger partial charge in [0.25, 0.3) is 0 Å². The summed E-state index contributed by atoms with van der Waals surface area (Å²) >= 11 is 0. The Morgan fingerprint density at radius 1 is 0.861 bits per heavy atom. The van der Waals surface area contributed by atoms with Gasteiger partial charge >= 0.3 is 6.29 Å². The van der Waals surface area contributed by atoms with E-state index in [9.17, 15) is 8.78 Å². The van der Waals surface area contributed by atoms with Crippen LogP contribution in [0.2, 0.25) is 0 Å². The van der Waals surface area contributed by atoms with Gasteiger partial charge < -0.3 is 19.5 Å². The van der Waals surface area contributed by atoms with Gasteiger partial charge in [0.2, 0.25) is 0 Å². The molecule has 0 unspecified atom stereocenters. The molecule has 2 aromatic heterocycles. The van der Waals surface area contributed by atoms with Crippen LogP contribution in [0.5, 0.6) is 17.2 Å². The fourth-order valence-corrected chi connectivity index (χ4v) is 4.03. The van der Waals surface area contributed by atoms with Crippen LogP contribution in [-0.2, 0) is 0 Å². The molecule has 1 N–H and O–H groups in total. The molecule has 7 nitrogen and oxygen atoms in total. The highest BCUT2D eigenvalue weighted by atomic mass is 19.3. The molecule has 3 aromatic carbocycles. The van der Waals surface area contributed by atoms with E-state index in [2.05, 4.69) is 15.0 Å². The summed E-state index contributed by atoms with van der Waals surface area (Å²) in [6, 6.07) is 21.7. The van der Waals surface area contributed by atoms with E-state index in [1.54, 1.807) is 37.7 Å². The molecule has 0 fully saturated rings. The molecule has 0 bridgehead atoms. The van der Waals surface area contributed by atoms with Crippen LogP contribution in [0.25, 0.3) is 33.4 Å². The number of fused-ring (bicyclic) bond motifs is 2. The molecule has 5 aromatic rings. The Balaban J connectivity index is 1.51. The Bertz CT molecular complexity index is 1600. The number of hydrogen-bond donors (Lipinski definition) is 1. The summed E-state index contributed by atoms with van der Waals surface area (Å²) in [6.07, 6.45) is -0.420. The second-order valence-corrected chi connectivity index (χ2v) is 8.03. The normalized spacial score (nSPS) is 13.5. The minimum Gasteiger partial charge on any atom is -0.497 e. The third-order valence-electron chi connectivity index (χ3n) is 5.70. The molecule has 36 heavy (non-hydrogen) atoms. The fourth-order valence-electron chi connectivity index (χ4n) is 4.03. The van der Waals surface area contributed by atoms with Crippen molar-refractivity contribution in [2.75, 3.05) is 12.4 Å². The second-order valence-electron chi connectivity index (χ2n) is 8.03. The van der Waals surface area contributed by atoms with Gasteiger partial charge in [-0.1, -0.05) is 24.3 Å². The number of benzene rings is 3. The summed E-state index contributed by atoms with van der Waals surface area (Å²) in [5.74, 6) is 1.42. The Hall–Kier alpha value is -4.79. The number of anilines is 2. The van der Waals surface area contributed by atoms with E-state index in [1.807, 2.05) is 48.5 Å². The first kappa shape index (κ1) is 21.7. The van der Waals surface area contributed by atoms with Crippen molar-refractivity contribution >= 4 is 22.4 Å². The van der Waals surface area contributed by atoms with Crippen molar-refractivity contribution in [2.24, 2.45) is 0 Å². The number of ether oxygens (including phenoxy) is 3. The number of para-hydroxylation sites is 1. The maximum Gasteiger partial charge on any atom is 0.586 e. The van der Waals surface area contributed by atoms with Gasteiger partial charge in [-0.15, -0.1) is 8.78 Å². The number of hydrogen-bond acceptors (Lipinski definition) is 7. The number of aromatic nitrogens is 3. The van der Waals surface area contributed by atoms with Crippen molar-refractivity contribution in [3.63, 3.8) is 0 Å². The molecule has 0 aliphatic carbocycles. The summed E-state index contributed by atoms with van der Waals surface area (Å²) in [5.41, 5.74) is 3.51. The Labute approximate surface area is 204 Å². The fraction of sp³-hybridized carbons (Fsp3) is 0.0741. The van der Waals surface area contributed by atoms with Crippen molar-refractivity contribution in [2.45, 2.75) is 6.29 Å². The Kier molecular flexibility index (Phi) is 5.10. The number of methoxy groups -OCH3 is 1. The standard InChI is InChI=1S/C27H18F2N4O3/c1-34-19-7-2-5-16(13-19)17-10-11-21-20(14-17)26(33-25(31-21)18-6-4-12-30-15-18)32-22-8-3-9-23-24(22)36-27(28,29)35-23/h2-15H,1H3,(H,31,32,33). The summed E-state index contributed by atoms with van der Waals surface area (Å²) in [5, 5.41) is 3.85. The van der Waals surface area contributed by atoms with E-state index in [4.69, 9.17) is 19.4 Å². The smallest absolute Gasteiger partial charge is 0.497 e. The van der Waals surface area contributed by atoms with E-state index in [-0.39, 0.29) is 17.2 Å². The maximum atomic E-state index is 13.8. The number of nitrogens with one attached hydrogen (secondary N) is 1. The van der Waals surface area contributed by atoms with E-state index in [0.29, 0.717) is 28.1 Å². The second kappa shape index (κ2) is 8.46. The number of halogens is 2. The summed E-state index contributed by atoms with van der Waals surface area (Å²) in [4.78, 5) is 13.6. The van der Waals surface area contributed by atoms with Gasteiger partial charge in [-0.05, 0) is 59.7 Å². The molecule has 0 spiro atoms. The lowest BCUT2D eigenvalue weighted by Gasteiger charge is -2.14. The van der Waals surface area contributed by atoms with Crippen molar-refractivity contribution in [1.82, 2.24) is 15.0 Å². The lowest BCUT2D eigenvalue weighted by molar-refractivity contribution is -0.286. The molecule has 3 heterocycles. The molecule has 0 radical (unpaired) electrons. The molecule has 1 aliphatic heterocycles. The van der Waals surface area contributed by atoms with Crippen molar-refractivity contribution in [1.29, 1.82) is 0 Å². The zero-order valence-corrected chi connectivity index (χ0v) is 18.9.